The zero-order chi connectivity index (χ0) is 25.6. The van der Waals surface area contributed by atoms with Gasteiger partial charge in [-0.3, -0.25) is 9.20 Å². The highest BCUT2D eigenvalue weighted by Crippen LogP contribution is 2.36. The van der Waals surface area contributed by atoms with Gasteiger partial charge >= 0.3 is 6.18 Å². The molecule has 0 atom stereocenters. The predicted octanol–water partition coefficient (Wildman–Crippen LogP) is 3.96. The van der Waals surface area contributed by atoms with E-state index in [9.17, 15) is 18.0 Å². The maximum atomic E-state index is 12.9. The molecular formula is C26H30F3N5O2. The number of anilines is 1. The average molecular weight is 502 g/mol. The van der Waals surface area contributed by atoms with Gasteiger partial charge in [0.1, 0.15) is 17.9 Å². The quantitative estimate of drug-likeness (QED) is 0.491. The van der Waals surface area contributed by atoms with Gasteiger partial charge in [-0.1, -0.05) is 0 Å². The topological polar surface area (TPSA) is 53.3 Å². The van der Waals surface area contributed by atoms with Crippen molar-refractivity contribution in [2.75, 3.05) is 58.8 Å². The molecule has 2 aromatic heterocycles. The molecule has 0 unspecified atom stereocenters. The Balaban J connectivity index is 1.39. The number of halogens is 3. The zero-order valence-electron chi connectivity index (χ0n) is 20.7. The summed E-state index contributed by atoms with van der Waals surface area (Å²) in [4.78, 5) is 22.8. The van der Waals surface area contributed by atoms with Crippen LogP contribution in [0.15, 0.2) is 36.7 Å². The van der Waals surface area contributed by atoms with E-state index in [1.807, 2.05) is 16.7 Å². The largest absolute Gasteiger partial charge is 0.496 e. The first-order chi connectivity index (χ1) is 17.1. The number of hydrogen-bond acceptors (Lipinski definition) is 5. The molecular weight excluding hydrogens is 471 g/mol. The van der Waals surface area contributed by atoms with Crippen molar-refractivity contribution in [3.05, 3.63) is 47.8 Å². The lowest BCUT2D eigenvalue weighted by molar-refractivity contribution is -0.141. The van der Waals surface area contributed by atoms with Crippen LogP contribution in [-0.4, -0.2) is 85.2 Å². The predicted molar refractivity (Wildman–Crippen MR) is 132 cm³/mol. The Bertz CT molecular complexity index is 1260. The Morgan fingerprint density at radius 3 is 2.67 bits per heavy atom. The van der Waals surface area contributed by atoms with Crippen LogP contribution in [0.4, 0.5) is 18.9 Å². The van der Waals surface area contributed by atoms with Crippen LogP contribution in [0.25, 0.3) is 16.9 Å². The van der Waals surface area contributed by atoms with E-state index in [0.29, 0.717) is 17.9 Å². The fraction of sp³-hybridized carbons (Fsp3) is 0.462. The third kappa shape index (κ3) is 4.74. The number of benzene rings is 1. The molecule has 1 amide bonds. The van der Waals surface area contributed by atoms with Gasteiger partial charge < -0.3 is 19.4 Å². The Morgan fingerprint density at radius 1 is 1.19 bits per heavy atom. The molecule has 36 heavy (non-hydrogen) atoms. The minimum atomic E-state index is -4.45. The number of carbonyl (C=O) groups is 1. The summed E-state index contributed by atoms with van der Waals surface area (Å²) in [7, 11) is 5.62. The second kappa shape index (κ2) is 9.31. The van der Waals surface area contributed by atoms with Gasteiger partial charge in [-0.2, -0.15) is 13.2 Å². The molecule has 1 aromatic carbocycles. The summed E-state index contributed by atoms with van der Waals surface area (Å²) in [5.74, 6) is 0.324. The molecule has 1 saturated heterocycles. The first-order valence-corrected chi connectivity index (χ1v) is 12.1. The number of rotatable bonds is 7. The van der Waals surface area contributed by atoms with E-state index in [2.05, 4.69) is 41.0 Å². The van der Waals surface area contributed by atoms with E-state index < -0.39 is 18.6 Å². The van der Waals surface area contributed by atoms with E-state index in [1.165, 1.54) is 13.5 Å². The number of carbonyl (C=O) groups excluding carboxylic acids is 1. The number of alkyl halides is 3. The molecule has 10 heteroatoms. The van der Waals surface area contributed by atoms with Crippen molar-refractivity contribution in [2.24, 2.45) is 5.92 Å². The van der Waals surface area contributed by atoms with E-state index in [-0.39, 0.29) is 17.9 Å². The van der Waals surface area contributed by atoms with Crippen molar-refractivity contribution in [3.63, 3.8) is 0 Å². The Hall–Kier alpha value is -3.27. The first kappa shape index (κ1) is 24.4. The maximum absolute atomic E-state index is 12.9. The average Bonchev–Trinajstić information content (AvgIpc) is 3.21. The third-order valence-electron chi connectivity index (χ3n) is 7.03. The van der Waals surface area contributed by atoms with E-state index in [1.54, 1.807) is 12.3 Å². The summed E-state index contributed by atoms with van der Waals surface area (Å²) in [6.07, 6.45) is 0.833. The molecule has 4 heterocycles. The van der Waals surface area contributed by atoms with Gasteiger partial charge in [-0.05, 0) is 63.2 Å². The molecule has 0 spiro atoms. The molecule has 0 bridgehead atoms. The highest BCUT2D eigenvalue weighted by Gasteiger charge is 2.37. The number of amides is 1. The number of imidazole rings is 1. The fourth-order valence-corrected chi connectivity index (χ4v) is 5.09. The van der Waals surface area contributed by atoms with Crippen LogP contribution < -0.4 is 9.64 Å². The molecule has 0 N–H and O–H groups in total. The van der Waals surface area contributed by atoms with Crippen molar-refractivity contribution in [3.8, 4) is 17.0 Å². The number of hydrogen-bond donors (Lipinski definition) is 0. The fourth-order valence-electron chi connectivity index (χ4n) is 5.09. The Labute approximate surface area is 208 Å². The van der Waals surface area contributed by atoms with Crippen LogP contribution in [0.5, 0.6) is 5.75 Å². The summed E-state index contributed by atoms with van der Waals surface area (Å²) >= 11 is 0. The van der Waals surface area contributed by atoms with Crippen LogP contribution in [0.1, 0.15) is 22.3 Å². The molecule has 2 aliphatic heterocycles. The van der Waals surface area contributed by atoms with E-state index in [0.717, 1.165) is 47.1 Å². The second-order valence-corrected chi connectivity index (χ2v) is 9.92. The molecule has 1 fully saturated rings. The SMILES string of the molecule is COc1cc(-c2cnc3cc(N4CC(CCN(C)C)C4)ccn23)cc2c1C(=O)N(CC(F)(F)F)CC2. The van der Waals surface area contributed by atoms with Crippen LogP contribution in [0, 0.1) is 5.92 Å². The van der Waals surface area contributed by atoms with Crippen LogP contribution >= 0.6 is 0 Å². The van der Waals surface area contributed by atoms with Gasteiger partial charge in [0.25, 0.3) is 5.91 Å². The molecule has 2 aliphatic rings. The van der Waals surface area contributed by atoms with Crippen molar-refractivity contribution >= 4 is 17.2 Å². The van der Waals surface area contributed by atoms with Gasteiger partial charge in [0.2, 0.25) is 0 Å². The molecule has 7 nitrogen and oxygen atoms in total. The van der Waals surface area contributed by atoms with Gasteiger partial charge in [0.05, 0.1) is 24.6 Å². The highest BCUT2D eigenvalue weighted by atomic mass is 19.4. The lowest BCUT2D eigenvalue weighted by atomic mass is 9.94. The Kier molecular flexibility index (Phi) is 6.32. The van der Waals surface area contributed by atoms with Crippen molar-refractivity contribution in [2.45, 2.75) is 19.0 Å². The van der Waals surface area contributed by atoms with Crippen molar-refractivity contribution in [1.29, 1.82) is 0 Å². The molecule has 0 aliphatic carbocycles. The lowest BCUT2D eigenvalue weighted by Crippen LogP contribution is -2.47. The molecule has 0 radical (unpaired) electrons. The van der Waals surface area contributed by atoms with Gasteiger partial charge in [-0.15, -0.1) is 0 Å². The summed E-state index contributed by atoms with van der Waals surface area (Å²) in [5.41, 5.74) is 4.46. The standard InChI is InChI=1S/C26H30F3N5O2/c1-31(2)7-4-17-14-33(15-17)20-6-9-34-21(13-30-23(34)12-20)19-10-18-5-8-32(16-26(27,28)29)25(35)24(18)22(11-19)36-3/h6,9-13,17H,4-5,7-8,14-16H2,1-3H3. The smallest absolute Gasteiger partial charge is 0.406 e. The number of ether oxygens (including phenoxy) is 1. The summed E-state index contributed by atoms with van der Waals surface area (Å²) in [5, 5.41) is 0. The molecule has 192 valence electrons. The molecule has 3 aromatic rings. The highest BCUT2D eigenvalue weighted by molar-refractivity contribution is 6.00. The van der Waals surface area contributed by atoms with Gasteiger partial charge in [0.15, 0.2) is 0 Å². The van der Waals surface area contributed by atoms with Crippen LogP contribution in [0.2, 0.25) is 0 Å². The van der Waals surface area contributed by atoms with Gasteiger partial charge in [0, 0.05) is 43.1 Å². The lowest BCUT2D eigenvalue weighted by Gasteiger charge is -2.41. The van der Waals surface area contributed by atoms with Crippen LogP contribution in [0.3, 0.4) is 0 Å². The summed E-state index contributed by atoms with van der Waals surface area (Å²) < 4.78 is 46.2. The van der Waals surface area contributed by atoms with Gasteiger partial charge in [-0.25, -0.2) is 4.98 Å². The minimum Gasteiger partial charge on any atom is -0.496 e. The normalized spacial score (nSPS) is 16.6. The maximum Gasteiger partial charge on any atom is 0.406 e. The number of aromatic nitrogens is 2. The van der Waals surface area contributed by atoms with E-state index >= 15 is 0 Å². The number of nitrogens with zero attached hydrogens (tertiary/aromatic N) is 5. The monoisotopic (exact) mass is 501 g/mol. The summed E-state index contributed by atoms with van der Waals surface area (Å²) in [6.45, 7) is 1.92. The van der Waals surface area contributed by atoms with Crippen LogP contribution in [-0.2, 0) is 6.42 Å². The number of pyridine rings is 1. The van der Waals surface area contributed by atoms with Crippen molar-refractivity contribution in [1.82, 2.24) is 19.2 Å². The first-order valence-electron chi connectivity index (χ1n) is 12.1. The summed E-state index contributed by atoms with van der Waals surface area (Å²) in [6, 6.07) is 7.72. The number of methoxy groups -OCH3 is 1. The third-order valence-corrected chi connectivity index (χ3v) is 7.03. The zero-order valence-corrected chi connectivity index (χ0v) is 20.7. The molecule has 5 rings (SSSR count). The van der Waals surface area contributed by atoms with E-state index in [4.69, 9.17) is 4.74 Å². The second-order valence-electron chi connectivity index (χ2n) is 9.92. The number of fused-ring (bicyclic) bond motifs is 2. The molecule has 0 saturated carbocycles. The Morgan fingerprint density at radius 2 is 1.97 bits per heavy atom. The van der Waals surface area contributed by atoms with Crippen molar-refractivity contribution < 1.29 is 22.7 Å². The minimum absolute atomic E-state index is 0.0137.